The van der Waals surface area contributed by atoms with Gasteiger partial charge in [-0.05, 0) is 0 Å². The van der Waals surface area contributed by atoms with Crippen molar-refractivity contribution in [3.05, 3.63) is 0 Å². The monoisotopic (exact) mass is 125 g/mol. The number of hydrogen-bond acceptors (Lipinski definition) is 1. The molecule has 0 bridgehead atoms. The minimum absolute atomic E-state index is 0.735. The van der Waals surface area contributed by atoms with Crippen molar-refractivity contribution >= 4 is 17.6 Å². The predicted molar refractivity (Wildman–Crippen MR) is 21.1 cm³/mol. The van der Waals surface area contributed by atoms with Crippen molar-refractivity contribution in [3.8, 4) is 0 Å². The quantitative estimate of drug-likeness (QED) is 0.505. The van der Waals surface area contributed by atoms with E-state index in [1.54, 1.807) is 0 Å². The van der Waals surface area contributed by atoms with Crippen LogP contribution in [0.25, 0.3) is 0 Å². The van der Waals surface area contributed by atoms with Crippen LogP contribution in [0.2, 0.25) is 0 Å². The van der Waals surface area contributed by atoms with Crippen LogP contribution in [-0.2, 0) is 9.90 Å². The van der Waals surface area contributed by atoms with Crippen molar-refractivity contribution in [1.29, 1.82) is 0 Å². The lowest BCUT2D eigenvalue weighted by atomic mass is 10.5. The van der Waals surface area contributed by atoms with Crippen molar-refractivity contribution < 1.29 is 14.3 Å². The number of carbonyl (C=O) groups excluding carboxylic acids is 1. The zero-order chi connectivity index (χ0) is 5.86. The van der Waals surface area contributed by atoms with Crippen LogP contribution in [0.3, 0.4) is 0 Å². The highest BCUT2D eigenvalue weighted by Crippen LogP contribution is 2.01. The molecule has 0 aliphatic rings. The van der Waals surface area contributed by atoms with Gasteiger partial charge in [-0.15, -0.1) is 0 Å². The fourth-order valence-corrected chi connectivity index (χ4v) is 0.252. The molecule has 2 nitrogen and oxygen atoms in total. The summed E-state index contributed by atoms with van der Waals surface area (Å²) in [6, 6.07) is 0. The molecule has 1 atom stereocenters. The second-order valence-electron chi connectivity index (χ2n) is 0.967. The van der Waals surface area contributed by atoms with Crippen LogP contribution in [0, 0.1) is 0 Å². The normalized spacial score (nSPS) is 13.4. The second-order valence-corrected chi connectivity index (χ2v) is 1.44. The lowest BCUT2D eigenvalue weighted by molar-refractivity contribution is -0.143. The molecular formula is C3H3ClFO2. The minimum atomic E-state index is -1.81. The van der Waals surface area contributed by atoms with Crippen molar-refractivity contribution in [2.75, 3.05) is 0 Å². The van der Waals surface area contributed by atoms with E-state index in [0.29, 0.717) is 0 Å². The van der Waals surface area contributed by atoms with Gasteiger partial charge in [-0.1, -0.05) is 11.6 Å². The van der Waals surface area contributed by atoms with Crippen molar-refractivity contribution in [3.63, 3.8) is 0 Å². The topological polar surface area (TPSA) is 37.0 Å². The van der Waals surface area contributed by atoms with E-state index in [-0.39, 0.29) is 0 Å². The molecule has 1 unspecified atom stereocenters. The second kappa shape index (κ2) is 2.80. The summed E-state index contributed by atoms with van der Waals surface area (Å²) in [5, 5.41) is 9.37. The molecule has 0 N–H and O–H groups in total. The van der Waals surface area contributed by atoms with E-state index in [0.717, 1.165) is 0 Å². The zero-order valence-electron chi connectivity index (χ0n) is 3.36. The summed E-state index contributed by atoms with van der Waals surface area (Å²) >= 11 is 4.59. The van der Waals surface area contributed by atoms with E-state index >= 15 is 0 Å². The highest BCUT2D eigenvalue weighted by molar-refractivity contribution is 6.20. The molecule has 0 fully saturated rings. The lowest BCUT2D eigenvalue weighted by Gasteiger charge is -1.85. The summed E-state index contributed by atoms with van der Waals surface area (Å²) < 4.78 is 11.3. The minimum Gasteiger partial charge on any atom is -0.247 e. The van der Waals surface area contributed by atoms with E-state index in [1.165, 1.54) is 0 Å². The Hall–Kier alpha value is -0.310. The van der Waals surface area contributed by atoms with Gasteiger partial charge in [0.1, 0.15) is 0 Å². The standard InChI is InChI=1S/C3H3ClFO2/c4-2(5)1-3(6)7/h2H,1H2. The van der Waals surface area contributed by atoms with Crippen molar-refractivity contribution in [1.82, 2.24) is 0 Å². The van der Waals surface area contributed by atoms with Crippen LogP contribution in [0.15, 0.2) is 0 Å². The number of hydrogen-bond donors (Lipinski definition) is 0. The Morgan fingerprint density at radius 3 is 2.29 bits per heavy atom. The molecule has 1 radical (unpaired) electrons. The SMILES string of the molecule is [O]C(=O)CC(F)Cl. The number of alkyl halides is 2. The van der Waals surface area contributed by atoms with E-state index in [1.807, 2.05) is 0 Å². The Morgan fingerprint density at radius 2 is 2.29 bits per heavy atom. The molecule has 0 aromatic rings. The molecule has 0 aliphatic carbocycles. The van der Waals surface area contributed by atoms with Crippen molar-refractivity contribution in [2.45, 2.75) is 12.1 Å². The Labute approximate surface area is 44.9 Å². The van der Waals surface area contributed by atoms with Gasteiger partial charge in [0.2, 0.25) is 0 Å². The Morgan fingerprint density at radius 1 is 1.86 bits per heavy atom. The maximum atomic E-state index is 11.3. The Balaban J connectivity index is 3.13. The third-order valence-corrected chi connectivity index (χ3v) is 0.475. The van der Waals surface area contributed by atoms with Crippen LogP contribution in [-0.4, -0.2) is 11.6 Å². The van der Waals surface area contributed by atoms with Gasteiger partial charge >= 0.3 is 5.97 Å². The molecule has 7 heavy (non-hydrogen) atoms. The van der Waals surface area contributed by atoms with Gasteiger partial charge in [-0.2, -0.15) is 0 Å². The molecule has 0 aliphatic heterocycles. The summed E-state index contributed by atoms with van der Waals surface area (Å²) in [6.45, 7) is 0. The summed E-state index contributed by atoms with van der Waals surface area (Å²) in [7, 11) is 0. The van der Waals surface area contributed by atoms with Gasteiger partial charge in [0, 0.05) is 0 Å². The van der Waals surface area contributed by atoms with Crippen LogP contribution in [0.5, 0.6) is 0 Å². The maximum absolute atomic E-state index is 11.3. The van der Waals surface area contributed by atoms with Crippen molar-refractivity contribution in [2.24, 2.45) is 0 Å². The van der Waals surface area contributed by atoms with E-state index < -0.39 is 18.0 Å². The molecule has 0 spiro atoms. The Bertz CT molecular complexity index is 73.3. The van der Waals surface area contributed by atoms with Gasteiger partial charge < -0.3 is 0 Å². The van der Waals surface area contributed by atoms with Crippen LogP contribution >= 0.6 is 11.6 Å². The van der Waals surface area contributed by atoms with Crippen LogP contribution in [0.4, 0.5) is 4.39 Å². The van der Waals surface area contributed by atoms with Gasteiger partial charge in [-0.3, -0.25) is 0 Å². The molecule has 0 saturated heterocycles. The molecule has 0 saturated carbocycles. The summed E-state index contributed by atoms with van der Waals surface area (Å²) in [6.07, 6.45) is -0.735. The molecule has 0 rings (SSSR count). The van der Waals surface area contributed by atoms with E-state index in [2.05, 4.69) is 11.6 Å². The van der Waals surface area contributed by atoms with E-state index in [4.69, 9.17) is 0 Å². The first-order valence-corrected chi connectivity index (χ1v) is 2.04. The smallest absolute Gasteiger partial charge is 0.247 e. The zero-order valence-corrected chi connectivity index (χ0v) is 4.11. The first-order valence-electron chi connectivity index (χ1n) is 1.61. The van der Waals surface area contributed by atoms with Crippen LogP contribution in [0.1, 0.15) is 6.42 Å². The predicted octanol–water partition coefficient (Wildman–Crippen LogP) is 0.868. The summed E-state index contributed by atoms with van der Waals surface area (Å²) in [5.74, 6) is -1.47. The average Bonchev–Trinajstić information content (AvgIpc) is 1.27. The highest BCUT2D eigenvalue weighted by atomic mass is 35.5. The summed E-state index contributed by atoms with van der Waals surface area (Å²) in [5.41, 5.74) is -1.81. The van der Waals surface area contributed by atoms with Gasteiger partial charge in [0.15, 0.2) is 5.63 Å². The maximum Gasteiger partial charge on any atom is 0.359 e. The fraction of sp³-hybridized carbons (Fsp3) is 0.667. The third kappa shape index (κ3) is 5.69. The molecule has 4 heteroatoms. The number of carbonyl (C=O) groups is 1. The summed E-state index contributed by atoms with van der Waals surface area (Å²) in [4.78, 5) is 9.37. The average molecular weight is 126 g/mol. The lowest BCUT2D eigenvalue weighted by Crippen LogP contribution is -1.98. The van der Waals surface area contributed by atoms with Gasteiger partial charge in [0.05, 0.1) is 6.42 Å². The fourth-order valence-electron chi connectivity index (χ4n) is 0.126. The molecular weight excluding hydrogens is 122 g/mol. The molecule has 0 aromatic heterocycles. The third-order valence-electron chi connectivity index (χ3n) is 0.321. The first-order chi connectivity index (χ1) is 3.13. The molecule has 0 aromatic carbocycles. The molecule has 0 heterocycles. The number of halogens is 2. The molecule has 41 valence electrons. The van der Waals surface area contributed by atoms with Crippen LogP contribution < -0.4 is 0 Å². The molecule has 0 amide bonds. The number of rotatable bonds is 2. The first kappa shape index (κ1) is 6.69. The largest absolute Gasteiger partial charge is 0.359 e. The van der Waals surface area contributed by atoms with Gasteiger partial charge in [0.25, 0.3) is 0 Å². The Kier molecular flexibility index (Phi) is 2.67. The van der Waals surface area contributed by atoms with Gasteiger partial charge in [-0.25, -0.2) is 14.3 Å². The highest BCUT2D eigenvalue weighted by Gasteiger charge is 2.07. The van der Waals surface area contributed by atoms with E-state index in [9.17, 15) is 14.3 Å².